The second-order valence-corrected chi connectivity index (χ2v) is 8.36. The molecule has 0 bridgehead atoms. The van der Waals surface area contributed by atoms with Gasteiger partial charge in [-0.1, -0.05) is 18.2 Å². The third-order valence-corrected chi connectivity index (χ3v) is 6.62. The van der Waals surface area contributed by atoms with Crippen molar-refractivity contribution in [2.24, 2.45) is 0 Å². The van der Waals surface area contributed by atoms with Gasteiger partial charge in [-0.2, -0.15) is 5.10 Å². The predicted octanol–water partition coefficient (Wildman–Crippen LogP) is 4.16. The highest BCUT2D eigenvalue weighted by atomic mass is 35.5. The first-order valence-corrected chi connectivity index (χ1v) is 11.4. The van der Waals surface area contributed by atoms with Crippen molar-refractivity contribution in [3.63, 3.8) is 0 Å². The highest BCUT2D eigenvalue weighted by molar-refractivity contribution is 7.98. The van der Waals surface area contributed by atoms with Gasteiger partial charge in [0.1, 0.15) is 5.03 Å². The number of benzene rings is 2. The molecule has 3 aromatic rings. The number of para-hydroxylation sites is 1. The molecule has 2 fully saturated rings. The third-order valence-electron chi connectivity index (χ3n) is 5.93. The van der Waals surface area contributed by atoms with Crippen molar-refractivity contribution < 1.29 is 4.79 Å². The number of halogens is 1. The monoisotopic (exact) mass is 443 g/mol. The fourth-order valence-corrected chi connectivity index (χ4v) is 4.97. The molecule has 2 aliphatic heterocycles. The highest BCUT2D eigenvalue weighted by Crippen LogP contribution is 2.32. The molecule has 5 rings (SSSR count). The normalized spacial score (nSPS) is 17.6. The van der Waals surface area contributed by atoms with Crippen LogP contribution in [0.3, 0.4) is 0 Å². The van der Waals surface area contributed by atoms with Crippen molar-refractivity contribution in [1.29, 1.82) is 0 Å². The summed E-state index contributed by atoms with van der Waals surface area (Å²) >= 11 is 1.64. The number of hydrogen-bond donors (Lipinski definition) is 1. The van der Waals surface area contributed by atoms with E-state index in [9.17, 15) is 4.79 Å². The summed E-state index contributed by atoms with van der Waals surface area (Å²) in [5.74, 6) is 0. The van der Waals surface area contributed by atoms with E-state index in [1.54, 1.807) is 11.8 Å². The van der Waals surface area contributed by atoms with E-state index in [1.165, 1.54) is 0 Å². The van der Waals surface area contributed by atoms with Gasteiger partial charge in [-0.15, -0.1) is 24.2 Å². The number of nitrogens with one attached hydrogen (secondary N) is 1. The number of carbonyl (C=O) groups is 1. The first-order chi connectivity index (χ1) is 14.3. The van der Waals surface area contributed by atoms with E-state index < -0.39 is 0 Å². The van der Waals surface area contributed by atoms with Crippen LogP contribution in [0, 0.1) is 0 Å². The molecule has 0 spiro atoms. The minimum absolute atomic E-state index is 0. The van der Waals surface area contributed by atoms with Gasteiger partial charge in [0.15, 0.2) is 0 Å². The maximum atomic E-state index is 13.2. The van der Waals surface area contributed by atoms with Gasteiger partial charge in [0.2, 0.25) is 0 Å². The van der Waals surface area contributed by atoms with Gasteiger partial charge in [-0.3, -0.25) is 4.90 Å². The van der Waals surface area contributed by atoms with Crippen LogP contribution >= 0.6 is 24.2 Å². The smallest absolute Gasteiger partial charge is 0.319 e. The van der Waals surface area contributed by atoms with Crippen molar-refractivity contribution in [2.75, 3.05) is 37.3 Å². The van der Waals surface area contributed by atoms with Gasteiger partial charge < -0.3 is 10.2 Å². The largest absolute Gasteiger partial charge is 0.324 e. The Morgan fingerprint density at radius 3 is 2.53 bits per heavy atom. The van der Waals surface area contributed by atoms with Crippen LogP contribution in [0.2, 0.25) is 0 Å². The summed E-state index contributed by atoms with van der Waals surface area (Å²) < 4.78 is 1.98. The lowest BCUT2D eigenvalue weighted by atomic mass is 10.1. The highest BCUT2D eigenvalue weighted by Gasteiger charge is 2.35. The Morgan fingerprint density at radius 2 is 1.80 bits per heavy atom. The number of aromatic nitrogens is 2. The van der Waals surface area contributed by atoms with Gasteiger partial charge in [0.25, 0.3) is 0 Å². The molecule has 2 aliphatic rings. The number of anilines is 1. The van der Waals surface area contributed by atoms with Crippen LogP contribution in [0.25, 0.3) is 16.6 Å². The Labute approximate surface area is 187 Å². The lowest BCUT2D eigenvalue weighted by molar-refractivity contribution is 0.185. The van der Waals surface area contributed by atoms with Crippen LogP contribution in [-0.2, 0) is 0 Å². The molecule has 0 radical (unpaired) electrons. The molecule has 8 heteroatoms. The Morgan fingerprint density at radius 1 is 1.03 bits per heavy atom. The van der Waals surface area contributed by atoms with Crippen LogP contribution in [0.1, 0.15) is 12.8 Å². The fourth-order valence-electron chi connectivity index (χ4n) is 4.41. The summed E-state index contributed by atoms with van der Waals surface area (Å²) in [7, 11) is 0. The van der Waals surface area contributed by atoms with Crippen molar-refractivity contribution in [1.82, 2.24) is 20.0 Å². The molecule has 3 heterocycles. The molecule has 2 saturated heterocycles. The summed E-state index contributed by atoms with van der Waals surface area (Å²) in [5, 5.41) is 10.3. The quantitative estimate of drug-likeness (QED) is 0.615. The molecule has 6 nitrogen and oxygen atoms in total. The summed E-state index contributed by atoms with van der Waals surface area (Å²) in [4.78, 5) is 17.1. The summed E-state index contributed by atoms with van der Waals surface area (Å²) in [6, 6.07) is 16.9. The second-order valence-electron chi connectivity index (χ2n) is 7.57. The van der Waals surface area contributed by atoms with Crippen LogP contribution in [0.4, 0.5) is 10.5 Å². The van der Waals surface area contributed by atoms with Crippen LogP contribution < -0.4 is 10.2 Å². The van der Waals surface area contributed by atoms with Crippen molar-refractivity contribution in [3.8, 4) is 5.69 Å². The summed E-state index contributed by atoms with van der Waals surface area (Å²) in [5.41, 5.74) is 3.01. The number of fused-ring (bicyclic) bond motifs is 1. The molecule has 2 amide bonds. The second kappa shape index (κ2) is 8.88. The van der Waals surface area contributed by atoms with Crippen LogP contribution in [0.5, 0.6) is 0 Å². The summed E-state index contributed by atoms with van der Waals surface area (Å²) in [6.07, 6.45) is 4.12. The van der Waals surface area contributed by atoms with Crippen LogP contribution in [-0.4, -0.2) is 59.2 Å². The number of hydrogen-bond acceptors (Lipinski definition) is 4. The molecule has 0 saturated carbocycles. The van der Waals surface area contributed by atoms with Crippen molar-refractivity contribution in [3.05, 3.63) is 48.5 Å². The van der Waals surface area contributed by atoms with Crippen LogP contribution in [0.15, 0.2) is 53.6 Å². The Bertz CT molecular complexity index is 1030. The zero-order valence-corrected chi connectivity index (χ0v) is 18.6. The molecule has 1 aromatic heterocycles. The number of amides is 2. The number of carbonyl (C=O) groups excluding carboxylic acids is 1. The fraction of sp³-hybridized carbons (Fsp3) is 0.364. The molecule has 0 aliphatic carbocycles. The van der Waals surface area contributed by atoms with E-state index >= 15 is 0 Å². The van der Waals surface area contributed by atoms with E-state index in [-0.39, 0.29) is 18.4 Å². The third kappa shape index (κ3) is 3.66. The average molecular weight is 444 g/mol. The molecule has 158 valence electrons. The average Bonchev–Trinajstić information content (AvgIpc) is 3.35. The number of nitrogens with zero attached hydrogens (tertiary/aromatic N) is 4. The molecule has 2 aromatic carbocycles. The zero-order chi connectivity index (χ0) is 19.8. The molecule has 1 N–H and O–H groups in total. The van der Waals surface area contributed by atoms with Gasteiger partial charge in [-0.05, 0) is 62.5 Å². The number of thioether (sulfide) groups is 1. The SMILES string of the molecule is CSc1nn(-c2ccccc2)c2cc(N3CCN(C4CCNCC4)C3=O)ccc12.Cl. The number of piperidine rings is 1. The van der Waals surface area contributed by atoms with E-state index in [1.807, 2.05) is 34.0 Å². The maximum Gasteiger partial charge on any atom is 0.324 e. The van der Waals surface area contributed by atoms with Gasteiger partial charge in [-0.25, -0.2) is 9.48 Å². The summed E-state index contributed by atoms with van der Waals surface area (Å²) in [6.45, 7) is 3.53. The Balaban J connectivity index is 0.00000218. The van der Waals surface area contributed by atoms with Crippen molar-refractivity contribution >= 4 is 46.8 Å². The van der Waals surface area contributed by atoms with E-state index in [4.69, 9.17) is 5.10 Å². The first-order valence-electron chi connectivity index (χ1n) is 10.2. The lowest BCUT2D eigenvalue weighted by Crippen LogP contribution is -2.45. The lowest BCUT2D eigenvalue weighted by Gasteiger charge is -2.31. The van der Waals surface area contributed by atoms with Crippen molar-refractivity contribution in [2.45, 2.75) is 23.9 Å². The minimum atomic E-state index is 0. The number of rotatable bonds is 4. The zero-order valence-electron chi connectivity index (χ0n) is 17.0. The molecule has 0 unspecified atom stereocenters. The minimum Gasteiger partial charge on any atom is -0.319 e. The first kappa shape index (κ1) is 21.0. The Hall–Kier alpha value is -2.22. The van der Waals surface area contributed by atoms with E-state index in [2.05, 4.69) is 40.5 Å². The predicted molar refractivity (Wildman–Crippen MR) is 125 cm³/mol. The maximum absolute atomic E-state index is 13.2. The molecule has 30 heavy (non-hydrogen) atoms. The van der Waals surface area contributed by atoms with Gasteiger partial charge >= 0.3 is 6.03 Å². The van der Waals surface area contributed by atoms with Gasteiger partial charge in [0.05, 0.1) is 11.2 Å². The van der Waals surface area contributed by atoms with E-state index in [0.717, 1.165) is 66.3 Å². The topological polar surface area (TPSA) is 53.4 Å². The molecular formula is C22H26ClN5OS. The number of urea groups is 1. The van der Waals surface area contributed by atoms with E-state index in [0.29, 0.717) is 6.04 Å². The van der Waals surface area contributed by atoms with Gasteiger partial charge in [0, 0.05) is 30.2 Å². The Kier molecular flexibility index (Phi) is 6.22. The standard InChI is InChI=1S/C22H25N5OS.ClH/c1-29-21-19-8-7-18(15-20(19)27(24-21)17-5-3-2-4-6-17)26-14-13-25(22(26)28)16-9-11-23-12-10-16;/h2-8,15-16,23H,9-14H2,1H3;1H. The molecular weight excluding hydrogens is 418 g/mol. The molecule has 0 atom stereocenters.